The molecule has 6 heteroatoms. The van der Waals surface area contributed by atoms with E-state index < -0.39 is 0 Å². The van der Waals surface area contributed by atoms with E-state index in [0.717, 1.165) is 32.4 Å². The number of hydrogen-bond donors (Lipinski definition) is 0. The Labute approximate surface area is 129 Å². The van der Waals surface area contributed by atoms with E-state index in [4.69, 9.17) is 27.9 Å². The summed E-state index contributed by atoms with van der Waals surface area (Å²) >= 11 is 11.7. The molecule has 0 aromatic carbocycles. The van der Waals surface area contributed by atoms with Crippen LogP contribution in [0.25, 0.3) is 0 Å². The van der Waals surface area contributed by atoms with Gasteiger partial charge in [0.2, 0.25) is 0 Å². The Kier molecular flexibility index (Phi) is 5.64. The second-order valence-electron chi connectivity index (χ2n) is 4.88. The van der Waals surface area contributed by atoms with Crippen molar-refractivity contribution in [2.24, 2.45) is 0 Å². The number of halogens is 2. The van der Waals surface area contributed by atoms with Gasteiger partial charge in [-0.15, -0.1) is 0 Å². The van der Waals surface area contributed by atoms with Crippen LogP contribution in [0.5, 0.6) is 0 Å². The maximum atomic E-state index is 12.4. The molecule has 0 aliphatic carbocycles. The lowest BCUT2D eigenvalue weighted by atomic mass is 10.1. The van der Waals surface area contributed by atoms with Gasteiger partial charge in [0.05, 0.1) is 16.7 Å². The van der Waals surface area contributed by atoms with Crippen molar-refractivity contribution >= 4 is 29.1 Å². The molecule has 20 heavy (non-hydrogen) atoms. The van der Waals surface area contributed by atoms with Crippen LogP contribution in [0.3, 0.4) is 0 Å². The summed E-state index contributed by atoms with van der Waals surface area (Å²) in [5.41, 5.74) is 0.468. The van der Waals surface area contributed by atoms with Gasteiger partial charge in [0, 0.05) is 25.9 Å². The molecule has 1 fully saturated rings. The van der Waals surface area contributed by atoms with Gasteiger partial charge in [0.1, 0.15) is 5.15 Å². The molecule has 1 unspecified atom stereocenters. The van der Waals surface area contributed by atoms with Crippen molar-refractivity contribution in [3.05, 3.63) is 28.0 Å². The number of aromatic nitrogens is 1. The number of pyridine rings is 1. The second kappa shape index (κ2) is 7.25. The first-order valence-electron chi connectivity index (χ1n) is 6.83. The minimum absolute atomic E-state index is 0.0686. The van der Waals surface area contributed by atoms with E-state index in [2.05, 4.69) is 11.9 Å². The number of ether oxygens (including phenoxy) is 1. The summed E-state index contributed by atoms with van der Waals surface area (Å²) in [5.74, 6) is -0.0686. The molecule has 4 nitrogen and oxygen atoms in total. The molecule has 1 aliphatic rings. The zero-order chi connectivity index (χ0) is 14.5. The molecular formula is C14H18Cl2N2O2. The monoisotopic (exact) mass is 316 g/mol. The normalized spacial score (nSPS) is 19.1. The quantitative estimate of drug-likeness (QED) is 0.799. The van der Waals surface area contributed by atoms with E-state index in [1.165, 1.54) is 6.20 Å². The minimum atomic E-state index is -0.0686. The molecule has 0 spiro atoms. The molecule has 2 rings (SSSR count). The van der Waals surface area contributed by atoms with Crippen LogP contribution in [-0.2, 0) is 4.74 Å². The van der Waals surface area contributed by atoms with E-state index in [-0.39, 0.29) is 17.2 Å². The third kappa shape index (κ3) is 3.84. The maximum Gasteiger partial charge on any atom is 0.255 e. The second-order valence-corrected chi connectivity index (χ2v) is 5.65. The topological polar surface area (TPSA) is 42.4 Å². The molecule has 1 amide bonds. The van der Waals surface area contributed by atoms with Crippen LogP contribution in [0.1, 0.15) is 36.5 Å². The summed E-state index contributed by atoms with van der Waals surface area (Å²) in [4.78, 5) is 18.1. The first-order valence-corrected chi connectivity index (χ1v) is 7.59. The van der Waals surface area contributed by atoms with Crippen molar-refractivity contribution in [2.75, 3.05) is 19.7 Å². The first kappa shape index (κ1) is 15.5. The van der Waals surface area contributed by atoms with Crippen molar-refractivity contribution in [1.29, 1.82) is 0 Å². The van der Waals surface area contributed by atoms with Gasteiger partial charge < -0.3 is 9.64 Å². The molecule has 1 aliphatic heterocycles. The summed E-state index contributed by atoms with van der Waals surface area (Å²) in [6.45, 7) is 4.18. The van der Waals surface area contributed by atoms with Crippen molar-refractivity contribution in [1.82, 2.24) is 9.88 Å². The van der Waals surface area contributed by atoms with E-state index in [9.17, 15) is 4.79 Å². The van der Waals surface area contributed by atoms with Crippen LogP contribution in [0.15, 0.2) is 12.3 Å². The third-order valence-electron chi connectivity index (χ3n) is 3.27. The third-order valence-corrected chi connectivity index (χ3v) is 3.95. The Morgan fingerprint density at radius 1 is 1.55 bits per heavy atom. The Morgan fingerprint density at radius 3 is 3.05 bits per heavy atom. The van der Waals surface area contributed by atoms with E-state index >= 15 is 0 Å². The lowest BCUT2D eigenvalue weighted by Crippen LogP contribution is -2.43. The maximum absolute atomic E-state index is 12.4. The van der Waals surface area contributed by atoms with E-state index in [1.807, 2.05) is 0 Å². The fourth-order valence-electron chi connectivity index (χ4n) is 2.26. The Bertz CT molecular complexity index is 482. The van der Waals surface area contributed by atoms with Gasteiger partial charge in [-0.2, -0.15) is 0 Å². The summed E-state index contributed by atoms with van der Waals surface area (Å²) in [5, 5.41) is 0.513. The number of nitrogens with zero attached hydrogens (tertiary/aromatic N) is 2. The molecule has 1 saturated heterocycles. The molecule has 0 radical (unpaired) electrons. The van der Waals surface area contributed by atoms with Gasteiger partial charge in [-0.25, -0.2) is 4.98 Å². The molecule has 0 N–H and O–H groups in total. The predicted octanol–water partition coefficient (Wildman–Crippen LogP) is 3.42. The van der Waals surface area contributed by atoms with Crippen LogP contribution in [0.4, 0.5) is 0 Å². The first-order chi connectivity index (χ1) is 9.61. The summed E-state index contributed by atoms with van der Waals surface area (Å²) in [6, 6.07) is 1.57. The van der Waals surface area contributed by atoms with Gasteiger partial charge in [-0.1, -0.05) is 30.1 Å². The van der Waals surface area contributed by atoms with Gasteiger partial charge >= 0.3 is 0 Å². The molecule has 1 aromatic heterocycles. The van der Waals surface area contributed by atoms with Crippen molar-refractivity contribution < 1.29 is 9.53 Å². The van der Waals surface area contributed by atoms with Gasteiger partial charge in [0.25, 0.3) is 5.91 Å². The number of carbonyl (C=O) groups is 1. The van der Waals surface area contributed by atoms with E-state index in [0.29, 0.717) is 17.1 Å². The number of rotatable bonds is 4. The molecule has 1 aromatic rings. The summed E-state index contributed by atoms with van der Waals surface area (Å²) in [7, 11) is 0. The number of hydrogen-bond acceptors (Lipinski definition) is 3. The SMILES string of the molecule is CCCOC1CCCN(C(=O)c2cnc(Cl)c(Cl)c2)C1. The van der Waals surface area contributed by atoms with Crippen LogP contribution in [-0.4, -0.2) is 41.6 Å². The average molecular weight is 317 g/mol. The molecule has 110 valence electrons. The Hall–Kier alpha value is -0.840. The highest BCUT2D eigenvalue weighted by atomic mass is 35.5. The highest BCUT2D eigenvalue weighted by Crippen LogP contribution is 2.22. The summed E-state index contributed by atoms with van der Waals surface area (Å²) < 4.78 is 5.73. The highest BCUT2D eigenvalue weighted by molar-refractivity contribution is 6.41. The lowest BCUT2D eigenvalue weighted by molar-refractivity contribution is 0.00210. The lowest BCUT2D eigenvalue weighted by Gasteiger charge is -2.32. The largest absolute Gasteiger partial charge is 0.376 e. The zero-order valence-electron chi connectivity index (χ0n) is 11.4. The minimum Gasteiger partial charge on any atom is -0.376 e. The van der Waals surface area contributed by atoms with Crippen molar-refractivity contribution in [3.8, 4) is 0 Å². The van der Waals surface area contributed by atoms with Crippen LogP contribution in [0, 0.1) is 0 Å². The van der Waals surface area contributed by atoms with Gasteiger partial charge in [0.15, 0.2) is 0 Å². The number of piperidine rings is 1. The smallest absolute Gasteiger partial charge is 0.255 e. The number of amides is 1. The molecule has 0 saturated carbocycles. The van der Waals surface area contributed by atoms with Crippen LogP contribution < -0.4 is 0 Å². The van der Waals surface area contributed by atoms with Crippen molar-refractivity contribution in [2.45, 2.75) is 32.3 Å². The average Bonchev–Trinajstić information content (AvgIpc) is 2.47. The van der Waals surface area contributed by atoms with Gasteiger partial charge in [-0.05, 0) is 25.3 Å². The fourth-order valence-corrected chi connectivity index (χ4v) is 2.53. The van der Waals surface area contributed by atoms with Crippen LogP contribution >= 0.6 is 23.2 Å². The van der Waals surface area contributed by atoms with Crippen LogP contribution in [0.2, 0.25) is 10.2 Å². The highest BCUT2D eigenvalue weighted by Gasteiger charge is 2.25. The molecule has 2 heterocycles. The van der Waals surface area contributed by atoms with Crippen molar-refractivity contribution in [3.63, 3.8) is 0 Å². The zero-order valence-corrected chi connectivity index (χ0v) is 13.0. The predicted molar refractivity (Wildman–Crippen MR) is 79.4 cm³/mol. The molecule has 1 atom stereocenters. The van der Waals surface area contributed by atoms with E-state index in [1.54, 1.807) is 11.0 Å². The Morgan fingerprint density at radius 2 is 2.35 bits per heavy atom. The molecule has 0 bridgehead atoms. The van der Waals surface area contributed by atoms with Gasteiger partial charge in [-0.3, -0.25) is 4.79 Å². The standard InChI is InChI=1S/C14H18Cl2N2O2/c1-2-6-20-11-4-3-5-18(9-11)14(19)10-7-12(15)13(16)17-8-10/h7-8,11H,2-6,9H2,1H3. The summed E-state index contributed by atoms with van der Waals surface area (Å²) in [6.07, 6.45) is 4.54. The number of likely N-dealkylation sites (tertiary alicyclic amines) is 1. The number of carbonyl (C=O) groups excluding carboxylic acids is 1. The fraction of sp³-hybridized carbons (Fsp3) is 0.571. The Balaban J connectivity index is 2.02. The molecular weight excluding hydrogens is 299 g/mol.